The van der Waals surface area contributed by atoms with Crippen LogP contribution in [-0.2, 0) is 0 Å². The molecule has 0 aliphatic carbocycles. The van der Waals surface area contributed by atoms with Crippen molar-refractivity contribution in [3.05, 3.63) is 34.9 Å². The van der Waals surface area contributed by atoms with Gasteiger partial charge in [-0.05, 0) is 17.7 Å². The molecular formula is C10H11ClF2O. The molecule has 1 rings (SSSR count). The van der Waals surface area contributed by atoms with Crippen molar-refractivity contribution >= 4 is 11.6 Å². The van der Waals surface area contributed by atoms with Crippen LogP contribution in [0, 0.1) is 0 Å². The number of hydrogen-bond acceptors (Lipinski definition) is 1. The smallest absolute Gasteiger partial charge is 0.277 e. The molecule has 78 valence electrons. The van der Waals surface area contributed by atoms with E-state index in [1.54, 1.807) is 0 Å². The molecular weight excluding hydrogens is 210 g/mol. The topological polar surface area (TPSA) is 20.2 Å². The first kappa shape index (κ1) is 11.4. The molecule has 0 spiro atoms. The first-order valence-corrected chi connectivity index (χ1v) is 4.66. The maximum Gasteiger partial charge on any atom is 0.277 e. The largest absolute Gasteiger partial charge is 0.382 e. The minimum Gasteiger partial charge on any atom is -0.382 e. The van der Waals surface area contributed by atoms with Gasteiger partial charge in [-0.2, -0.15) is 0 Å². The van der Waals surface area contributed by atoms with Gasteiger partial charge < -0.3 is 5.11 Å². The summed E-state index contributed by atoms with van der Waals surface area (Å²) in [5.74, 6) is -3.09. The van der Waals surface area contributed by atoms with E-state index in [0.29, 0.717) is 5.02 Å². The summed E-state index contributed by atoms with van der Waals surface area (Å²) in [6.07, 6.45) is -2.15. The van der Waals surface area contributed by atoms with Crippen molar-refractivity contribution in [3.63, 3.8) is 0 Å². The van der Waals surface area contributed by atoms with Crippen LogP contribution in [0.1, 0.15) is 25.0 Å². The van der Waals surface area contributed by atoms with Gasteiger partial charge in [0.05, 0.1) is 0 Å². The summed E-state index contributed by atoms with van der Waals surface area (Å²) in [5, 5.41) is 9.81. The summed E-state index contributed by atoms with van der Waals surface area (Å²) >= 11 is 5.60. The van der Waals surface area contributed by atoms with Gasteiger partial charge in [0.25, 0.3) is 5.92 Å². The van der Waals surface area contributed by atoms with Crippen LogP contribution in [-0.4, -0.2) is 11.0 Å². The van der Waals surface area contributed by atoms with Crippen LogP contribution < -0.4 is 0 Å². The zero-order valence-corrected chi connectivity index (χ0v) is 8.43. The molecule has 0 amide bonds. The second-order valence-corrected chi connectivity index (χ2v) is 3.51. The zero-order chi connectivity index (χ0) is 10.8. The van der Waals surface area contributed by atoms with Gasteiger partial charge in [-0.25, -0.2) is 8.78 Å². The quantitative estimate of drug-likeness (QED) is 0.828. The van der Waals surface area contributed by atoms with Crippen LogP contribution in [0.4, 0.5) is 8.78 Å². The Bertz CT molecular complexity index is 297. The predicted molar refractivity (Wildman–Crippen MR) is 51.6 cm³/mol. The molecule has 0 aliphatic rings. The third-order valence-corrected chi connectivity index (χ3v) is 2.31. The number of rotatable bonds is 3. The summed E-state index contributed by atoms with van der Waals surface area (Å²) < 4.78 is 26.1. The Morgan fingerprint density at radius 3 is 2.29 bits per heavy atom. The molecule has 1 nitrogen and oxygen atoms in total. The molecule has 0 heterocycles. The van der Waals surface area contributed by atoms with Crippen molar-refractivity contribution in [2.75, 3.05) is 0 Å². The third kappa shape index (κ3) is 2.42. The highest BCUT2D eigenvalue weighted by Gasteiger charge is 2.37. The lowest BCUT2D eigenvalue weighted by molar-refractivity contribution is -0.112. The summed E-state index contributed by atoms with van der Waals surface area (Å²) in [6.45, 7) is 1.33. The first-order chi connectivity index (χ1) is 6.47. The molecule has 1 aromatic carbocycles. The monoisotopic (exact) mass is 220 g/mol. The lowest BCUT2D eigenvalue weighted by Crippen LogP contribution is -2.25. The Labute approximate surface area is 86.3 Å². The Kier molecular flexibility index (Phi) is 3.45. The van der Waals surface area contributed by atoms with E-state index in [1.165, 1.54) is 31.2 Å². The molecule has 0 radical (unpaired) electrons. The molecule has 1 N–H and O–H groups in total. The minimum absolute atomic E-state index is 0.182. The van der Waals surface area contributed by atoms with E-state index >= 15 is 0 Å². The van der Waals surface area contributed by atoms with Crippen LogP contribution in [0.2, 0.25) is 5.02 Å². The number of aliphatic hydroxyl groups excluding tert-OH is 1. The Morgan fingerprint density at radius 2 is 1.86 bits per heavy atom. The highest BCUT2D eigenvalue weighted by Crippen LogP contribution is 2.34. The highest BCUT2D eigenvalue weighted by atomic mass is 35.5. The molecule has 0 aromatic heterocycles. The normalized spacial score (nSPS) is 14.1. The third-order valence-electron chi connectivity index (χ3n) is 2.06. The molecule has 1 atom stereocenters. The number of aliphatic hydroxyl groups is 1. The molecule has 0 aliphatic heterocycles. The Hall–Kier alpha value is -0.670. The maximum absolute atomic E-state index is 13.0. The van der Waals surface area contributed by atoms with Crippen LogP contribution in [0.3, 0.4) is 0 Å². The SMILES string of the molecule is CCC(F)(F)C(O)c1ccc(Cl)cc1. The summed E-state index contributed by atoms with van der Waals surface area (Å²) in [4.78, 5) is 0. The first-order valence-electron chi connectivity index (χ1n) is 4.28. The van der Waals surface area contributed by atoms with E-state index in [1.807, 2.05) is 0 Å². The van der Waals surface area contributed by atoms with Gasteiger partial charge >= 0.3 is 0 Å². The molecule has 4 heteroatoms. The Morgan fingerprint density at radius 1 is 1.36 bits per heavy atom. The average Bonchev–Trinajstić information content (AvgIpc) is 2.18. The second-order valence-electron chi connectivity index (χ2n) is 3.07. The fraction of sp³-hybridized carbons (Fsp3) is 0.400. The van der Waals surface area contributed by atoms with E-state index in [4.69, 9.17) is 11.6 Å². The summed E-state index contributed by atoms with van der Waals surface area (Å²) in [7, 11) is 0. The molecule has 0 fully saturated rings. The zero-order valence-electron chi connectivity index (χ0n) is 7.67. The van der Waals surface area contributed by atoms with Gasteiger partial charge in [-0.1, -0.05) is 30.7 Å². The second kappa shape index (κ2) is 4.24. The number of benzene rings is 1. The standard InChI is InChI=1S/C10H11ClF2O/c1-2-10(12,13)9(14)7-3-5-8(11)6-4-7/h3-6,9,14H,2H2,1H3. The van der Waals surface area contributed by atoms with E-state index in [-0.39, 0.29) is 5.56 Å². The van der Waals surface area contributed by atoms with Gasteiger partial charge in [-0.15, -0.1) is 0 Å². The van der Waals surface area contributed by atoms with Gasteiger partial charge in [0.15, 0.2) is 0 Å². The van der Waals surface area contributed by atoms with Crippen molar-refractivity contribution in [2.24, 2.45) is 0 Å². The van der Waals surface area contributed by atoms with E-state index < -0.39 is 18.4 Å². The van der Waals surface area contributed by atoms with Crippen LogP contribution in [0.25, 0.3) is 0 Å². The number of alkyl halides is 2. The summed E-state index contributed by atoms with van der Waals surface area (Å²) in [5.41, 5.74) is 0.182. The molecule has 1 aromatic rings. The van der Waals surface area contributed by atoms with Crippen molar-refractivity contribution in [1.29, 1.82) is 0 Å². The van der Waals surface area contributed by atoms with Crippen molar-refractivity contribution < 1.29 is 13.9 Å². The molecule has 1 unspecified atom stereocenters. The number of halogens is 3. The molecule has 14 heavy (non-hydrogen) atoms. The maximum atomic E-state index is 13.0. The van der Waals surface area contributed by atoms with Gasteiger partial charge in [-0.3, -0.25) is 0 Å². The van der Waals surface area contributed by atoms with E-state index in [2.05, 4.69) is 0 Å². The van der Waals surface area contributed by atoms with Crippen LogP contribution in [0.5, 0.6) is 0 Å². The predicted octanol–water partition coefficient (Wildman–Crippen LogP) is 3.42. The number of hydrogen-bond donors (Lipinski definition) is 1. The molecule has 0 saturated carbocycles. The van der Waals surface area contributed by atoms with Crippen LogP contribution >= 0.6 is 11.6 Å². The summed E-state index contributed by atoms with van der Waals surface area (Å²) in [6, 6.07) is 5.75. The lowest BCUT2D eigenvalue weighted by atomic mass is 10.0. The lowest BCUT2D eigenvalue weighted by Gasteiger charge is -2.21. The van der Waals surface area contributed by atoms with Gasteiger partial charge in [0.1, 0.15) is 6.10 Å². The van der Waals surface area contributed by atoms with Crippen molar-refractivity contribution in [2.45, 2.75) is 25.4 Å². The van der Waals surface area contributed by atoms with Crippen molar-refractivity contribution in [3.8, 4) is 0 Å². The molecule has 0 bridgehead atoms. The average molecular weight is 221 g/mol. The van der Waals surface area contributed by atoms with Crippen molar-refractivity contribution in [1.82, 2.24) is 0 Å². The van der Waals surface area contributed by atoms with Gasteiger partial charge in [0, 0.05) is 11.4 Å². The van der Waals surface area contributed by atoms with Gasteiger partial charge in [0.2, 0.25) is 0 Å². The molecule has 0 saturated heterocycles. The van der Waals surface area contributed by atoms with Crippen LogP contribution in [0.15, 0.2) is 24.3 Å². The fourth-order valence-corrected chi connectivity index (χ4v) is 1.21. The van der Waals surface area contributed by atoms with E-state index in [9.17, 15) is 13.9 Å². The Balaban J connectivity index is 2.89. The highest BCUT2D eigenvalue weighted by molar-refractivity contribution is 6.30. The minimum atomic E-state index is -3.09. The van der Waals surface area contributed by atoms with E-state index in [0.717, 1.165) is 0 Å². The fourth-order valence-electron chi connectivity index (χ4n) is 1.08.